The van der Waals surface area contributed by atoms with Crippen molar-refractivity contribution in [2.45, 2.75) is 58.3 Å². The van der Waals surface area contributed by atoms with E-state index in [9.17, 15) is 24.6 Å². The number of rotatable bonds is 10. The van der Waals surface area contributed by atoms with Gasteiger partial charge in [0.25, 0.3) is 0 Å². The molecule has 0 aliphatic heterocycles. The summed E-state index contributed by atoms with van der Waals surface area (Å²) in [7, 11) is 0. The van der Waals surface area contributed by atoms with Crippen LogP contribution < -0.4 is 10.6 Å². The van der Waals surface area contributed by atoms with Gasteiger partial charge in [-0.25, -0.2) is 4.79 Å². The number of hydrogen-bond donors (Lipinski definition) is 4. The summed E-state index contributed by atoms with van der Waals surface area (Å²) in [6.07, 6.45) is -0.374. The molecule has 0 aliphatic rings. The van der Waals surface area contributed by atoms with Crippen molar-refractivity contribution in [3.05, 3.63) is 65.7 Å². The van der Waals surface area contributed by atoms with Crippen molar-refractivity contribution in [3.63, 3.8) is 0 Å². The number of phenols is 1. The Labute approximate surface area is 206 Å². The van der Waals surface area contributed by atoms with Gasteiger partial charge < -0.3 is 30.5 Å². The Morgan fingerprint density at radius 1 is 1.03 bits per heavy atom. The summed E-state index contributed by atoms with van der Waals surface area (Å²) in [5.74, 6) is -1.34. The van der Waals surface area contributed by atoms with Crippen molar-refractivity contribution in [3.8, 4) is 5.75 Å². The van der Waals surface area contributed by atoms with Gasteiger partial charge in [-0.15, -0.1) is 0 Å². The number of carbonyl (C=O) groups excluding carboxylic acids is 3. The number of ether oxygens (including phenoxy) is 1. The minimum Gasteiger partial charge on any atom is -0.508 e. The van der Waals surface area contributed by atoms with Crippen molar-refractivity contribution in [2.75, 3.05) is 13.2 Å². The first-order chi connectivity index (χ1) is 16.6. The van der Waals surface area contributed by atoms with E-state index in [0.29, 0.717) is 6.42 Å². The molecule has 4 N–H and O–H groups in total. The number of aliphatic hydroxyl groups excluding tert-OH is 1. The summed E-state index contributed by atoms with van der Waals surface area (Å²) in [4.78, 5) is 40.4. The second kappa shape index (κ2) is 12.8. The third-order valence-corrected chi connectivity index (χ3v) is 5.02. The molecule has 9 nitrogen and oxygen atoms in total. The number of phenolic OH excluding ortho intramolecular Hbond substituents is 1. The molecule has 0 saturated carbocycles. The van der Waals surface area contributed by atoms with Gasteiger partial charge in [-0.2, -0.15) is 0 Å². The number of aromatic hydroxyl groups is 1. The molecule has 190 valence electrons. The van der Waals surface area contributed by atoms with Gasteiger partial charge in [0, 0.05) is 18.7 Å². The lowest BCUT2D eigenvalue weighted by molar-refractivity contribution is -0.143. The highest BCUT2D eigenvalue weighted by atomic mass is 16.6. The van der Waals surface area contributed by atoms with Crippen molar-refractivity contribution in [1.82, 2.24) is 15.5 Å². The molecule has 0 spiro atoms. The van der Waals surface area contributed by atoms with Crippen LogP contribution in [0.25, 0.3) is 0 Å². The van der Waals surface area contributed by atoms with Crippen molar-refractivity contribution < 1.29 is 29.3 Å². The Kier molecular flexibility index (Phi) is 10.1. The molecule has 0 saturated heterocycles. The van der Waals surface area contributed by atoms with E-state index >= 15 is 0 Å². The van der Waals surface area contributed by atoms with Gasteiger partial charge in [0.1, 0.15) is 23.4 Å². The van der Waals surface area contributed by atoms with E-state index in [1.165, 1.54) is 11.0 Å². The lowest BCUT2D eigenvalue weighted by Gasteiger charge is -2.34. The minimum absolute atomic E-state index is 0.142. The molecular formula is C26H35N3O6. The summed E-state index contributed by atoms with van der Waals surface area (Å²) in [5.41, 5.74) is 0.297. The van der Waals surface area contributed by atoms with E-state index in [0.717, 1.165) is 5.56 Å². The molecule has 2 rings (SSSR count). The van der Waals surface area contributed by atoms with Gasteiger partial charge in [-0.05, 0) is 38.8 Å². The predicted octanol–water partition coefficient (Wildman–Crippen LogP) is 2.87. The summed E-state index contributed by atoms with van der Waals surface area (Å²) in [6.45, 7) is 6.53. The highest BCUT2D eigenvalue weighted by Crippen LogP contribution is 2.30. The third-order valence-electron chi connectivity index (χ3n) is 5.02. The number of para-hydroxylation sites is 1. The minimum atomic E-state index is -1.34. The second-order valence-electron chi connectivity index (χ2n) is 9.08. The number of carbonyl (C=O) groups is 3. The first-order valence-corrected chi connectivity index (χ1v) is 11.6. The van der Waals surface area contributed by atoms with E-state index in [1.807, 2.05) is 37.3 Å². The Bertz CT molecular complexity index is 990. The standard InChI is InChI=1S/C26H35N3O6/c1-5-15-29(24(33)20(17-30)28-25(34)35-26(2,3)4)22(19-13-9-10-14-21(19)31)23(32)27-16-18-11-7-6-8-12-18/h6-14,20,22,30-31H,5,15-17H2,1-4H3,(H,27,32)(H,28,34). The Hall–Kier alpha value is -3.59. The number of aliphatic hydroxyl groups is 1. The molecule has 0 fully saturated rings. The Morgan fingerprint density at radius 3 is 2.23 bits per heavy atom. The molecule has 35 heavy (non-hydrogen) atoms. The lowest BCUT2D eigenvalue weighted by Crippen LogP contribution is -2.54. The highest BCUT2D eigenvalue weighted by Gasteiger charge is 2.36. The fourth-order valence-electron chi connectivity index (χ4n) is 3.49. The summed E-state index contributed by atoms with van der Waals surface area (Å²) in [6, 6.07) is 13.0. The first-order valence-electron chi connectivity index (χ1n) is 11.6. The maximum atomic E-state index is 13.5. The van der Waals surface area contributed by atoms with Crippen molar-refractivity contribution >= 4 is 17.9 Å². The van der Waals surface area contributed by atoms with Crippen molar-refractivity contribution in [1.29, 1.82) is 0 Å². The van der Waals surface area contributed by atoms with Crippen molar-refractivity contribution in [2.24, 2.45) is 0 Å². The molecule has 9 heteroatoms. The summed E-state index contributed by atoms with van der Waals surface area (Å²) >= 11 is 0. The summed E-state index contributed by atoms with van der Waals surface area (Å²) in [5, 5.41) is 25.6. The molecule has 2 unspecified atom stereocenters. The molecule has 2 aromatic carbocycles. The molecule has 0 aromatic heterocycles. The van der Waals surface area contributed by atoms with Crippen LogP contribution in [0.1, 0.15) is 51.3 Å². The van der Waals surface area contributed by atoms with Crippen LogP contribution in [0.4, 0.5) is 4.79 Å². The molecule has 0 bridgehead atoms. The van der Waals surface area contributed by atoms with E-state index in [4.69, 9.17) is 4.74 Å². The van der Waals surface area contributed by atoms with Crippen LogP contribution in [-0.4, -0.2) is 57.8 Å². The SMILES string of the molecule is CCCN(C(=O)C(CO)NC(=O)OC(C)(C)C)C(C(=O)NCc1ccccc1)c1ccccc1O. The number of nitrogens with one attached hydrogen (secondary N) is 2. The molecule has 2 aromatic rings. The largest absolute Gasteiger partial charge is 0.508 e. The molecule has 0 aliphatic carbocycles. The zero-order valence-corrected chi connectivity index (χ0v) is 20.7. The maximum Gasteiger partial charge on any atom is 0.408 e. The fraction of sp³-hybridized carbons (Fsp3) is 0.423. The van der Waals surface area contributed by atoms with E-state index < -0.39 is 42.2 Å². The van der Waals surface area contributed by atoms with Crippen LogP contribution in [0.3, 0.4) is 0 Å². The number of benzene rings is 2. The monoisotopic (exact) mass is 485 g/mol. The molecule has 0 heterocycles. The number of amides is 3. The zero-order chi connectivity index (χ0) is 26.0. The van der Waals surface area contributed by atoms with Crippen LogP contribution in [-0.2, 0) is 20.9 Å². The summed E-state index contributed by atoms with van der Waals surface area (Å²) < 4.78 is 5.21. The van der Waals surface area contributed by atoms with E-state index in [1.54, 1.807) is 39.0 Å². The third kappa shape index (κ3) is 8.29. The van der Waals surface area contributed by atoms with E-state index in [2.05, 4.69) is 10.6 Å². The van der Waals surface area contributed by atoms with Crippen LogP contribution in [0.5, 0.6) is 5.75 Å². The average Bonchev–Trinajstić information content (AvgIpc) is 2.81. The van der Waals surface area contributed by atoms with Gasteiger partial charge in [0.2, 0.25) is 11.8 Å². The normalized spacial score (nSPS) is 12.8. The quantitative estimate of drug-likeness (QED) is 0.410. The maximum absolute atomic E-state index is 13.5. The van der Waals surface area contributed by atoms with Gasteiger partial charge in [0.05, 0.1) is 6.61 Å². The predicted molar refractivity (Wildman–Crippen MR) is 131 cm³/mol. The van der Waals surface area contributed by atoms with Crippen LogP contribution >= 0.6 is 0 Å². The van der Waals surface area contributed by atoms with Crippen LogP contribution in [0, 0.1) is 0 Å². The molecular weight excluding hydrogens is 450 g/mol. The first kappa shape index (κ1) is 27.7. The number of alkyl carbamates (subject to hydrolysis) is 1. The molecule has 3 amide bonds. The zero-order valence-electron chi connectivity index (χ0n) is 20.7. The van der Waals surface area contributed by atoms with Crippen LogP contribution in [0.2, 0.25) is 0 Å². The second-order valence-corrected chi connectivity index (χ2v) is 9.08. The Balaban J connectivity index is 2.37. The Morgan fingerprint density at radius 2 is 1.66 bits per heavy atom. The molecule has 0 radical (unpaired) electrons. The van der Waals surface area contributed by atoms with Crippen LogP contribution in [0.15, 0.2) is 54.6 Å². The lowest BCUT2D eigenvalue weighted by atomic mass is 10.0. The fourth-order valence-corrected chi connectivity index (χ4v) is 3.49. The number of nitrogens with zero attached hydrogens (tertiary/aromatic N) is 1. The van der Waals surface area contributed by atoms with Gasteiger partial charge in [-0.3, -0.25) is 9.59 Å². The molecule has 2 atom stereocenters. The van der Waals surface area contributed by atoms with E-state index in [-0.39, 0.29) is 24.4 Å². The highest BCUT2D eigenvalue weighted by molar-refractivity contribution is 5.92. The topological polar surface area (TPSA) is 128 Å². The van der Waals surface area contributed by atoms with Gasteiger partial charge in [0.15, 0.2) is 0 Å². The number of hydrogen-bond acceptors (Lipinski definition) is 6. The van der Waals surface area contributed by atoms with Gasteiger partial charge >= 0.3 is 6.09 Å². The average molecular weight is 486 g/mol. The van der Waals surface area contributed by atoms with Gasteiger partial charge in [-0.1, -0.05) is 55.5 Å². The smallest absolute Gasteiger partial charge is 0.408 e.